The number of rotatable bonds is 4. The molecule has 0 saturated heterocycles. The Hall–Kier alpha value is -2.43. The number of aromatic amines is 1. The van der Waals surface area contributed by atoms with Crippen molar-refractivity contribution in [3.63, 3.8) is 0 Å². The van der Waals surface area contributed by atoms with E-state index >= 15 is 0 Å². The molecule has 0 bridgehead atoms. The third-order valence-corrected chi connectivity index (χ3v) is 4.13. The molecule has 0 spiro atoms. The molecule has 130 valence electrons. The number of carbonyl (C=O) groups excluding carboxylic acids is 1. The van der Waals surface area contributed by atoms with Crippen molar-refractivity contribution in [2.75, 3.05) is 12.9 Å². The highest BCUT2D eigenvalue weighted by Crippen LogP contribution is 2.35. The fourth-order valence-corrected chi connectivity index (χ4v) is 2.85. The first-order valence-electron chi connectivity index (χ1n) is 6.55. The second kappa shape index (κ2) is 6.23. The molecule has 0 amide bonds. The third kappa shape index (κ3) is 3.55. The van der Waals surface area contributed by atoms with E-state index in [9.17, 15) is 26.4 Å². The van der Waals surface area contributed by atoms with Crippen LogP contribution in [-0.4, -0.2) is 42.7 Å². The predicted molar refractivity (Wildman–Crippen MR) is 75.9 cm³/mol. The van der Waals surface area contributed by atoms with E-state index in [1.807, 2.05) is 0 Å². The number of sulfone groups is 1. The molecule has 0 atom stereocenters. The van der Waals surface area contributed by atoms with Crippen molar-refractivity contribution >= 4 is 15.8 Å². The van der Waals surface area contributed by atoms with Gasteiger partial charge in [-0.05, 0) is 25.1 Å². The van der Waals surface area contributed by atoms with Gasteiger partial charge in [0.15, 0.2) is 15.5 Å². The summed E-state index contributed by atoms with van der Waals surface area (Å²) in [5.74, 6) is -0.932. The minimum absolute atomic E-state index is 0.00660. The van der Waals surface area contributed by atoms with E-state index in [0.29, 0.717) is 12.1 Å². The molecule has 0 aliphatic heterocycles. The number of nitrogens with one attached hydrogen (secondary N) is 1. The maximum atomic E-state index is 12.9. The van der Waals surface area contributed by atoms with Crippen LogP contribution in [0.4, 0.5) is 13.2 Å². The summed E-state index contributed by atoms with van der Waals surface area (Å²) >= 11 is 0. The maximum absolute atomic E-state index is 12.9. The molecule has 0 unspecified atom stereocenters. The van der Waals surface area contributed by atoms with Gasteiger partial charge in [0.1, 0.15) is 5.69 Å². The Morgan fingerprint density at radius 2 is 1.96 bits per heavy atom. The largest absolute Gasteiger partial charge is 0.461 e. The van der Waals surface area contributed by atoms with Crippen LogP contribution in [0.15, 0.2) is 23.1 Å². The van der Waals surface area contributed by atoms with Gasteiger partial charge in [-0.1, -0.05) is 0 Å². The molecular formula is C13H12F3N3O4S. The van der Waals surface area contributed by atoms with E-state index in [1.165, 1.54) is 6.92 Å². The Labute approximate surface area is 134 Å². The highest BCUT2D eigenvalue weighted by atomic mass is 32.2. The van der Waals surface area contributed by atoms with Gasteiger partial charge in [-0.2, -0.15) is 23.5 Å². The van der Waals surface area contributed by atoms with Crippen LogP contribution in [0.5, 0.6) is 0 Å². The summed E-state index contributed by atoms with van der Waals surface area (Å²) in [6.45, 7) is 1.54. The van der Waals surface area contributed by atoms with Crippen LogP contribution in [0.3, 0.4) is 0 Å². The molecule has 1 N–H and O–H groups in total. The van der Waals surface area contributed by atoms with Crippen molar-refractivity contribution in [2.24, 2.45) is 0 Å². The monoisotopic (exact) mass is 363 g/mol. The zero-order chi connectivity index (χ0) is 18.1. The van der Waals surface area contributed by atoms with Crippen LogP contribution in [0.25, 0.3) is 11.3 Å². The maximum Gasteiger partial charge on any atom is 0.416 e. The first kappa shape index (κ1) is 17.9. The summed E-state index contributed by atoms with van der Waals surface area (Å²) in [5, 5.41) is 9.25. The Bertz CT molecular complexity index is 875. The number of H-pyrrole nitrogens is 1. The molecule has 0 saturated carbocycles. The number of benzene rings is 1. The quantitative estimate of drug-likeness (QED) is 0.835. The van der Waals surface area contributed by atoms with Gasteiger partial charge in [-0.25, -0.2) is 13.2 Å². The number of hydrogen-bond acceptors (Lipinski definition) is 6. The summed E-state index contributed by atoms with van der Waals surface area (Å²) in [6.07, 6.45) is -3.86. The zero-order valence-corrected chi connectivity index (χ0v) is 13.3. The normalized spacial score (nSPS) is 12.2. The lowest BCUT2D eigenvalue weighted by Gasteiger charge is -2.12. The van der Waals surface area contributed by atoms with E-state index in [4.69, 9.17) is 4.74 Å². The lowest BCUT2D eigenvalue weighted by Crippen LogP contribution is -2.10. The Balaban J connectivity index is 2.73. The summed E-state index contributed by atoms with van der Waals surface area (Å²) in [5.41, 5.74) is -2.20. The third-order valence-electron chi connectivity index (χ3n) is 2.98. The number of aromatic nitrogens is 3. The summed E-state index contributed by atoms with van der Waals surface area (Å²) < 4.78 is 67.3. The molecule has 0 radical (unpaired) electrons. The van der Waals surface area contributed by atoms with Crippen LogP contribution >= 0.6 is 0 Å². The van der Waals surface area contributed by atoms with Crippen molar-refractivity contribution in [3.8, 4) is 11.3 Å². The first-order chi connectivity index (χ1) is 11.1. The molecule has 1 heterocycles. The minimum atomic E-state index is -4.70. The summed E-state index contributed by atoms with van der Waals surface area (Å²) in [7, 11) is -3.88. The van der Waals surface area contributed by atoms with Crippen LogP contribution in [0.1, 0.15) is 23.0 Å². The standard InChI is InChI=1S/C13H12F3N3O4S/c1-3-23-12(20)11-10(17-19-18-11)8-6-7(13(14,15)16)4-5-9(8)24(2,21)22/h4-6H,3H2,1-2H3,(H,17,18,19). The van der Waals surface area contributed by atoms with Crippen LogP contribution < -0.4 is 0 Å². The van der Waals surface area contributed by atoms with E-state index in [2.05, 4.69) is 15.4 Å². The van der Waals surface area contributed by atoms with Gasteiger partial charge in [0.05, 0.1) is 17.1 Å². The molecule has 11 heteroatoms. The summed E-state index contributed by atoms with van der Waals surface area (Å²) in [6, 6.07) is 2.07. The molecule has 0 aliphatic carbocycles. The molecule has 0 fully saturated rings. The van der Waals surface area contributed by atoms with Crippen LogP contribution in [0, 0.1) is 0 Å². The van der Waals surface area contributed by atoms with Crippen LogP contribution in [-0.2, 0) is 20.8 Å². The van der Waals surface area contributed by atoms with Gasteiger partial charge < -0.3 is 4.74 Å². The molecule has 2 aromatic rings. The van der Waals surface area contributed by atoms with Gasteiger partial charge in [0, 0.05) is 11.8 Å². The highest BCUT2D eigenvalue weighted by Gasteiger charge is 2.33. The lowest BCUT2D eigenvalue weighted by atomic mass is 10.1. The van der Waals surface area contributed by atoms with Gasteiger partial charge >= 0.3 is 12.1 Å². The average Bonchev–Trinajstić information content (AvgIpc) is 2.94. The fourth-order valence-electron chi connectivity index (χ4n) is 1.98. The van der Waals surface area contributed by atoms with Crippen molar-refractivity contribution in [1.82, 2.24) is 15.4 Å². The lowest BCUT2D eigenvalue weighted by molar-refractivity contribution is -0.137. The Kier molecular flexibility index (Phi) is 4.65. The second-order valence-electron chi connectivity index (χ2n) is 4.72. The van der Waals surface area contributed by atoms with Gasteiger partial charge in [0.25, 0.3) is 0 Å². The van der Waals surface area contributed by atoms with Crippen molar-refractivity contribution < 1.29 is 31.1 Å². The molecular weight excluding hydrogens is 351 g/mol. The van der Waals surface area contributed by atoms with Gasteiger partial charge in [0.2, 0.25) is 0 Å². The number of ether oxygens (including phenoxy) is 1. The van der Waals surface area contributed by atoms with E-state index in [0.717, 1.165) is 12.3 Å². The topological polar surface area (TPSA) is 102 Å². The number of halogens is 3. The zero-order valence-electron chi connectivity index (χ0n) is 12.5. The van der Waals surface area contributed by atoms with E-state index in [-0.39, 0.29) is 17.9 Å². The average molecular weight is 363 g/mol. The SMILES string of the molecule is CCOC(=O)c1n[nH]nc1-c1cc(C(F)(F)F)ccc1S(C)(=O)=O. The molecule has 24 heavy (non-hydrogen) atoms. The molecule has 7 nitrogen and oxygen atoms in total. The highest BCUT2D eigenvalue weighted by molar-refractivity contribution is 7.90. The predicted octanol–water partition coefficient (Wildman–Crippen LogP) is 2.07. The van der Waals surface area contributed by atoms with E-state index < -0.39 is 38.1 Å². The van der Waals surface area contributed by atoms with Crippen LogP contribution in [0.2, 0.25) is 0 Å². The molecule has 1 aromatic heterocycles. The van der Waals surface area contributed by atoms with E-state index in [1.54, 1.807) is 0 Å². The number of nitrogens with zero attached hydrogens (tertiary/aromatic N) is 2. The van der Waals surface area contributed by atoms with Gasteiger partial charge in [-0.15, -0.1) is 5.10 Å². The number of alkyl halides is 3. The number of esters is 1. The summed E-state index contributed by atoms with van der Waals surface area (Å²) in [4.78, 5) is 11.4. The first-order valence-corrected chi connectivity index (χ1v) is 8.44. The smallest absolute Gasteiger partial charge is 0.416 e. The van der Waals surface area contributed by atoms with Crippen molar-refractivity contribution in [2.45, 2.75) is 18.0 Å². The number of carbonyl (C=O) groups is 1. The Morgan fingerprint density at radius 3 is 2.50 bits per heavy atom. The number of hydrogen-bond donors (Lipinski definition) is 1. The minimum Gasteiger partial charge on any atom is -0.461 e. The van der Waals surface area contributed by atoms with Gasteiger partial charge in [-0.3, -0.25) is 0 Å². The Morgan fingerprint density at radius 1 is 1.29 bits per heavy atom. The molecule has 2 rings (SSSR count). The molecule has 1 aromatic carbocycles. The second-order valence-corrected chi connectivity index (χ2v) is 6.71. The van der Waals surface area contributed by atoms with Crippen molar-refractivity contribution in [1.29, 1.82) is 0 Å². The van der Waals surface area contributed by atoms with Crippen molar-refractivity contribution in [3.05, 3.63) is 29.5 Å². The molecule has 0 aliphatic rings. The fraction of sp³-hybridized carbons (Fsp3) is 0.308.